The molecule has 1 saturated heterocycles. The predicted molar refractivity (Wildman–Crippen MR) is 112 cm³/mol. The number of alkyl halides is 1. The number of carboxylic acids is 1. The highest BCUT2D eigenvalue weighted by Gasteiger charge is 2.55. The average Bonchev–Trinajstić information content (AvgIpc) is 2.96. The highest BCUT2D eigenvalue weighted by atomic mass is 31.2. The van der Waals surface area contributed by atoms with E-state index in [4.69, 9.17) is 18.9 Å². The van der Waals surface area contributed by atoms with Crippen LogP contribution in [0.1, 0.15) is 20.1 Å². The van der Waals surface area contributed by atoms with Gasteiger partial charge in [0, 0.05) is 12.3 Å². The van der Waals surface area contributed by atoms with Gasteiger partial charge in [0.15, 0.2) is 11.9 Å². The van der Waals surface area contributed by atoms with E-state index in [1.54, 1.807) is 18.2 Å². The molecular formula is C19H23FN3O9P. The summed E-state index contributed by atoms with van der Waals surface area (Å²) < 4.78 is 45.4. The number of H-pyrrole nitrogens is 1. The number of aliphatic hydroxyl groups is 1. The average molecular weight is 487 g/mol. The number of benzene rings is 1. The summed E-state index contributed by atoms with van der Waals surface area (Å²) >= 11 is 0. The zero-order chi connectivity index (χ0) is 24.4. The second kappa shape index (κ2) is 9.57. The Morgan fingerprint density at radius 3 is 2.64 bits per heavy atom. The maximum atomic E-state index is 15.3. The molecule has 33 heavy (non-hydrogen) atoms. The Morgan fingerprint density at radius 2 is 2.03 bits per heavy atom. The first-order chi connectivity index (χ1) is 15.4. The minimum atomic E-state index is -4.34. The minimum Gasteiger partial charge on any atom is -0.480 e. The number of carboxylic acid groups (broad SMARTS) is 1. The van der Waals surface area contributed by atoms with E-state index in [0.717, 1.165) is 23.8 Å². The van der Waals surface area contributed by atoms with E-state index in [9.17, 15) is 24.1 Å². The van der Waals surface area contributed by atoms with Crippen LogP contribution in [0.4, 0.5) is 4.39 Å². The van der Waals surface area contributed by atoms with Gasteiger partial charge >= 0.3 is 19.4 Å². The van der Waals surface area contributed by atoms with Gasteiger partial charge in [0.25, 0.3) is 5.56 Å². The van der Waals surface area contributed by atoms with Gasteiger partial charge in [0.05, 0.1) is 6.61 Å². The summed E-state index contributed by atoms with van der Waals surface area (Å²) in [5, 5.41) is 21.8. The Labute approximate surface area is 186 Å². The fourth-order valence-corrected chi connectivity index (χ4v) is 4.64. The molecule has 1 aliphatic rings. The van der Waals surface area contributed by atoms with Gasteiger partial charge in [0.2, 0.25) is 0 Å². The Morgan fingerprint density at radius 1 is 1.36 bits per heavy atom. The lowest BCUT2D eigenvalue weighted by molar-refractivity contribution is -0.138. The first-order valence-corrected chi connectivity index (χ1v) is 11.3. The van der Waals surface area contributed by atoms with Crippen molar-refractivity contribution in [2.45, 2.75) is 44.0 Å². The second-order valence-electron chi connectivity index (χ2n) is 7.53. The van der Waals surface area contributed by atoms with Crippen molar-refractivity contribution < 1.29 is 37.7 Å². The largest absolute Gasteiger partial charge is 0.480 e. The summed E-state index contributed by atoms with van der Waals surface area (Å²) in [5.41, 5.74) is -4.16. The van der Waals surface area contributed by atoms with Crippen molar-refractivity contribution in [1.29, 1.82) is 0 Å². The number of rotatable bonds is 9. The zero-order valence-corrected chi connectivity index (χ0v) is 18.5. The van der Waals surface area contributed by atoms with Crippen molar-refractivity contribution in [3.8, 4) is 5.75 Å². The lowest BCUT2D eigenvalue weighted by Gasteiger charge is -2.25. The number of aromatic amines is 1. The molecule has 180 valence electrons. The van der Waals surface area contributed by atoms with Crippen molar-refractivity contribution in [3.05, 3.63) is 63.4 Å². The molecule has 6 atom stereocenters. The molecule has 0 saturated carbocycles. The molecule has 1 aliphatic heterocycles. The van der Waals surface area contributed by atoms with E-state index >= 15 is 4.39 Å². The molecule has 0 bridgehead atoms. The van der Waals surface area contributed by atoms with Gasteiger partial charge in [-0.3, -0.25) is 23.7 Å². The Bertz CT molecular complexity index is 1150. The Kier molecular flexibility index (Phi) is 7.20. The minimum absolute atomic E-state index is 0.104. The van der Waals surface area contributed by atoms with Crippen molar-refractivity contribution >= 4 is 13.7 Å². The zero-order valence-electron chi connectivity index (χ0n) is 17.6. The first-order valence-electron chi connectivity index (χ1n) is 9.77. The smallest absolute Gasteiger partial charge is 0.459 e. The van der Waals surface area contributed by atoms with Gasteiger partial charge in [-0.1, -0.05) is 18.2 Å². The molecule has 4 unspecified atom stereocenters. The number of hydrogen-bond donors (Lipinski definition) is 4. The molecule has 1 aromatic heterocycles. The highest BCUT2D eigenvalue weighted by molar-refractivity contribution is 7.52. The summed E-state index contributed by atoms with van der Waals surface area (Å²) in [6.45, 7) is 1.52. The molecule has 2 aromatic rings. The lowest BCUT2D eigenvalue weighted by Crippen LogP contribution is -2.43. The standard InChI is InChI=1S/C19H23FN3O9P/c1-11(16(26)27)22-33(29,32-12-6-4-3-5-7-12)30-10-13-15(25)19(2,20)17(31-13)23-9-8-14(24)21-18(23)28/h3-9,11,13,15,17,25H,10H2,1-2H3,(H,22,29)(H,26,27)(H,21,24,28)/t11-,13+,15?,17?,19?,33?/m0/s1. The van der Waals surface area contributed by atoms with E-state index < -0.39 is 61.7 Å². The maximum Gasteiger partial charge on any atom is 0.459 e. The Balaban J connectivity index is 1.80. The van der Waals surface area contributed by atoms with Crippen LogP contribution >= 0.6 is 7.75 Å². The molecule has 1 aromatic carbocycles. The number of aliphatic hydroxyl groups excluding tert-OH is 1. The van der Waals surface area contributed by atoms with Crippen LogP contribution in [0.5, 0.6) is 5.75 Å². The third kappa shape index (κ3) is 5.57. The number of aromatic nitrogens is 2. The summed E-state index contributed by atoms with van der Waals surface area (Å²) in [4.78, 5) is 36.5. The summed E-state index contributed by atoms with van der Waals surface area (Å²) in [5.74, 6) is -1.23. The van der Waals surface area contributed by atoms with Crippen LogP contribution in [0, 0.1) is 0 Å². The van der Waals surface area contributed by atoms with E-state index in [0.29, 0.717) is 0 Å². The van der Waals surface area contributed by atoms with Gasteiger partial charge < -0.3 is 19.5 Å². The van der Waals surface area contributed by atoms with Crippen LogP contribution in [0.2, 0.25) is 0 Å². The SMILES string of the molecule is C[C@H](NP(=O)(OC[C@H]1OC(n2ccc(=O)[nH]c2=O)C(C)(F)C1O)Oc1ccccc1)C(=O)O. The van der Waals surface area contributed by atoms with Crippen LogP contribution in [-0.4, -0.2) is 56.3 Å². The third-order valence-electron chi connectivity index (χ3n) is 4.92. The molecule has 0 aliphatic carbocycles. The van der Waals surface area contributed by atoms with Crippen molar-refractivity contribution in [2.75, 3.05) is 6.61 Å². The van der Waals surface area contributed by atoms with Crippen molar-refractivity contribution in [1.82, 2.24) is 14.6 Å². The summed E-state index contributed by atoms with van der Waals surface area (Å²) in [7, 11) is -4.34. The number of carbonyl (C=O) groups is 1. The Hall–Kier alpha value is -2.83. The summed E-state index contributed by atoms with van der Waals surface area (Å²) in [6, 6.07) is 7.41. The molecule has 12 nitrogen and oxygen atoms in total. The molecule has 1 fully saturated rings. The summed E-state index contributed by atoms with van der Waals surface area (Å²) in [6.07, 6.45) is -3.87. The fraction of sp³-hybridized carbons (Fsp3) is 0.421. The van der Waals surface area contributed by atoms with Crippen LogP contribution in [0.25, 0.3) is 0 Å². The molecule has 0 amide bonds. The topological polar surface area (TPSA) is 169 Å². The first kappa shape index (κ1) is 24.8. The van der Waals surface area contributed by atoms with Gasteiger partial charge in [-0.2, -0.15) is 5.09 Å². The molecule has 3 rings (SSSR count). The van der Waals surface area contributed by atoms with E-state index in [2.05, 4.69) is 5.09 Å². The normalized spacial score (nSPS) is 27.6. The van der Waals surface area contributed by atoms with Gasteiger partial charge in [0.1, 0.15) is 24.0 Å². The maximum absolute atomic E-state index is 15.3. The van der Waals surface area contributed by atoms with Crippen LogP contribution < -0.4 is 20.9 Å². The van der Waals surface area contributed by atoms with Crippen molar-refractivity contribution in [2.24, 2.45) is 0 Å². The molecule has 2 heterocycles. The fourth-order valence-electron chi connectivity index (χ4n) is 3.14. The van der Waals surface area contributed by atoms with E-state index in [1.807, 2.05) is 4.98 Å². The molecule has 14 heteroatoms. The van der Waals surface area contributed by atoms with Crippen LogP contribution in [0.3, 0.4) is 0 Å². The molecular weight excluding hydrogens is 464 g/mol. The van der Waals surface area contributed by atoms with Crippen molar-refractivity contribution in [3.63, 3.8) is 0 Å². The second-order valence-corrected chi connectivity index (χ2v) is 9.22. The number of ether oxygens (including phenoxy) is 1. The van der Waals surface area contributed by atoms with E-state index in [-0.39, 0.29) is 5.75 Å². The number of nitrogens with zero attached hydrogens (tertiary/aromatic N) is 1. The lowest BCUT2D eigenvalue weighted by atomic mass is 9.98. The monoisotopic (exact) mass is 487 g/mol. The number of hydrogen-bond acceptors (Lipinski definition) is 8. The number of halogens is 1. The van der Waals surface area contributed by atoms with E-state index in [1.165, 1.54) is 19.1 Å². The highest BCUT2D eigenvalue weighted by Crippen LogP contribution is 2.47. The molecule has 0 radical (unpaired) electrons. The quantitative estimate of drug-likeness (QED) is 0.371. The van der Waals surface area contributed by atoms with Gasteiger partial charge in [-0.15, -0.1) is 0 Å². The predicted octanol–water partition coefficient (Wildman–Crippen LogP) is 0.789. The third-order valence-corrected chi connectivity index (χ3v) is 6.56. The number of para-hydroxylation sites is 1. The molecule has 4 N–H and O–H groups in total. The number of aliphatic carboxylic acids is 1. The van der Waals surface area contributed by atoms with Gasteiger partial charge in [-0.05, 0) is 26.0 Å². The van der Waals surface area contributed by atoms with Crippen LogP contribution in [-0.2, 0) is 18.6 Å². The van der Waals surface area contributed by atoms with Crippen LogP contribution in [0.15, 0.2) is 52.2 Å². The van der Waals surface area contributed by atoms with Gasteiger partial charge in [-0.25, -0.2) is 13.8 Å². The number of nitrogens with one attached hydrogen (secondary N) is 2. The molecule has 0 spiro atoms.